The molecule has 27 heavy (non-hydrogen) atoms. The molecule has 0 spiro atoms. The van der Waals surface area contributed by atoms with Crippen molar-refractivity contribution in [3.63, 3.8) is 0 Å². The summed E-state index contributed by atoms with van der Waals surface area (Å²) in [4.78, 5) is 14.6. The maximum Gasteiger partial charge on any atom is 0.408 e. The summed E-state index contributed by atoms with van der Waals surface area (Å²) in [6.45, 7) is -2.82. The van der Waals surface area contributed by atoms with Gasteiger partial charge in [0.15, 0.2) is 5.82 Å². The molecule has 0 aromatic carbocycles. The van der Waals surface area contributed by atoms with E-state index in [1.54, 1.807) is 5.32 Å². The molecule has 0 bridgehead atoms. The van der Waals surface area contributed by atoms with Gasteiger partial charge in [-0.3, -0.25) is 0 Å². The van der Waals surface area contributed by atoms with E-state index in [4.69, 9.17) is 15.7 Å². The van der Waals surface area contributed by atoms with E-state index in [-0.39, 0.29) is 10.8 Å². The van der Waals surface area contributed by atoms with Crippen LogP contribution in [0.25, 0.3) is 11.5 Å². The minimum atomic E-state index is -5.24. The van der Waals surface area contributed by atoms with Gasteiger partial charge < -0.3 is 10.6 Å². The Balaban J connectivity index is 2.53. The van der Waals surface area contributed by atoms with Crippen LogP contribution in [0.3, 0.4) is 0 Å². The summed E-state index contributed by atoms with van der Waals surface area (Å²) in [5.74, 6) is -2.10. The van der Waals surface area contributed by atoms with E-state index in [1.807, 2.05) is 5.32 Å². The average molecular weight is 418 g/mol. The summed E-state index contributed by atoms with van der Waals surface area (Å²) in [7, 11) is 0. The van der Waals surface area contributed by atoms with Crippen LogP contribution in [0.1, 0.15) is 17.9 Å². The Morgan fingerprint density at radius 1 is 0.926 bits per heavy atom. The first kappa shape index (κ1) is 16.8. The van der Waals surface area contributed by atoms with E-state index < -0.39 is 49.0 Å². The largest absolute Gasteiger partial charge is 0.408 e. The minimum absolute atomic E-state index is 0.0451. The van der Waals surface area contributed by atoms with Gasteiger partial charge in [-0.15, -0.1) is 0 Å². The van der Waals surface area contributed by atoms with Crippen molar-refractivity contribution in [3.05, 3.63) is 23.4 Å². The Kier molecular flexibility index (Phi) is 4.79. The van der Waals surface area contributed by atoms with Gasteiger partial charge in [0.05, 0.1) is 0 Å². The molecular formula is C14H13ClF6N6. The van der Waals surface area contributed by atoms with Crippen molar-refractivity contribution in [1.29, 1.82) is 0 Å². The van der Waals surface area contributed by atoms with Crippen molar-refractivity contribution >= 4 is 23.5 Å². The first-order valence-corrected chi connectivity index (χ1v) is 7.50. The molecule has 13 heteroatoms. The molecule has 2 heterocycles. The van der Waals surface area contributed by atoms with Crippen LogP contribution in [0.2, 0.25) is 5.15 Å². The average Bonchev–Trinajstić information content (AvgIpc) is 2.56. The van der Waals surface area contributed by atoms with Gasteiger partial charge in [0, 0.05) is 4.11 Å². The number of nitrogens with zero attached hydrogens (tertiary/aromatic N) is 4. The zero-order valence-electron chi connectivity index (χ0n) is 16.3. The van der Waals surface area contributed by atoms with E-state index in [0.717, 1.165) is 6.92 Å². The summed E-state index contributed by atoms with van der Waals surface area (Å²) in [6.07, 6.45) is -9.96. The first-order valence-electron chi connectivity index (χ1n) is 8.63. The normalized spacial score (nSPS) is 16.7. The van der Waals surface area contributed by atoms with Gasteiger partial charge in [-0.25, -0.2) is 4.98 Å². The molecule has 2 N–H and O–H groups in total. The lowest BCUT2D eigenvalue weighted by Gasteiger charge is -2.20. The molecule has 2 aromatic heterocycles. The van der Waals surface area contributed by atoms with E-state index in [2.05, 4.69) is 19.9 Å². The highest BCUT2D eigenvalue weighted by atomic mass is 35.5. The number of rotatable bonds is 5. The smallest absolute Gasteiger partial charge is 0.343 e. The zero-order chi connectivity index (χ0) is 22.9. The molecule has 0 amide bonds. The number of hydrogen-bond donors (Lipinski definition) is 2. The van der Waals surface area contributed by atoms with Crippen molar-refractivity contribution in [2.45, 2.75) is 38.2 Å². The van der Waals surface area contributed by atoms with Gasteiger partial charge in [0.1, 0.15) is 22.9 Å². The van der Waals surface area contributed by atoms with E-state index in [1.165, 1.54) is 18.2 Å². The maximum atomic E-state index is 13.2. The predicted octanol–water partition coefficient (Wildman–Crippen LogP) is 4.31. The van der Waals surface area contributed by atoms with Gasteiger partial charge in [-0.05, 0) is 25.9 Å². The molecular weight excluding hydrogens is 402 g/mol. The Labute approximate surface area is 158 Å². The van der Waals surface area contributed by atoms with Crippen LogP contribution in [0.5, 0.6) is 0 Å². The van der Waals surface area contributed by atoms with Gasteiger partial charge in [0.25, 0.3) is 0 Å². The van der Waals surface area contributed by atoms with Crippen LogP contribution in [0.15, 0.2) is 18.2 Å². The fourth-order valence-corrected chi connectivity index (χ4v) is 1.80. The molecule has 0 saturated carbocycles. The SMILES string of the molecule is [2H]C([2H])([2H])C(Nc1nc(NC(C)C(F)(F)F)nc(-c2cccc(Cl)n2)n1)C(F)(F)F. The summed E-state index contributed by atoms with van der Waals surface area (Å²) in [5.41, 5.74) is -0.0897. The Hall–Kier alpha value is -2.37. The third kappa shape index (κ3) is 5.81. The lowest BCUT2D eigenvalue weighted by atomic mass is 10.3. The van der Waals surface area contributed by atoms with Crippen LogP contribution in [0.4, 0.5) is 38.2 Å². The highest BCUT2D eigenvalue weighted by Gasteiger charge is 2.38. The van der Waals surface area contributed by atoms with Crippen molar-refractivity contribution in [2.24, 2.45) is 0 Å². The molecule has 2 rings (SSSR count). The number of aromatic nitrogens is 4. The minimum Gasteiger partial charge on any atom is -0.343 e. The number of anilines is 2. The molecule has 2 atom stereocenters. The Morgan fingerprint density at radius 2 is 1.48 bits per heavy atom. The second kappa shape index (κ2) is 7.71. The molecule has 0 radical (unpaired) electrons. The lowest BCUT2D eigenvalue weighted by Crippen LogP contribution is -2.35. The summed E-state index contributed by atoms with van der Waals surface area (Å²) in [6, 6.07) is -1.19. The van der Waals surface area contributed by atoms with Crippen LogP contribution in [0, 0.1) is 0 Å². The number of nitrogens with one attached hydrogen (secondary N) is 2. The molecule has 0 saturated heterocycles. The summed E-state index contributed by atoms with van der Waals surface area (Å²) >= 11 is 5.74. The maximum absolute atomic E-state index is 13.2. The standard InChI is InChI=1S/C14H13ClF6N6/c1-6(13(16,17)18)22-11-25-10(8-4-3-5-9(15)24-8)26-12(27-11)23-7(2)14(19,20)21/h3-7H,1-2H3,(H2,22,23,25,26,27)/i1D3. The van der Waals surface area contributed by atoms with E-state index in [0.29, 0.717) is 0 Å². The second-order valence-electron chi connectivity index (χ2n) is 5.18. The Morgan fingerprint density at radius 3 is 1.96 bits per heavy atom. The first-order chi connectivity index (χ1) is 13.6. The van der Waals surface area contributed by atoms with Gasteiger partial charge in [-0.1, -0.05) is 17.7 Å². The molecule has 0 fully saturated rings. The van der Waals surface area contributed by atoms with E-state index >= 15 is 0 Å². The Bertz CT molecular complexity index is 878. The summed E-state index contributed by atoms with van der Waals surface area (Å²) < 4.78 is 99.2. The highest BCUT2D eigenvalue weighted by molar-refractivity contribution is 6.29. The number of alkyl halides is 6. The molecule has 0 aliphatic rings. The van der Waals surface area contributed by atoms with Crippen LogP contribution < -0.4 is 10.6 Å². The van der Waals surface area contributed by atoms with E-state index in [9.17, 15) is 26.3 Å². The van der Waals surface area contributed by atoms with Crippen molar-refractivity contribution in [1.82, 2.24) is 19.9 Å². The highest BCUT2D eigenvalue weighted by Crippen LogP contribution is 2.26. The van der Waals surface area contributed by atoms with Crippen molar-refractivity contribution in [3.8, 4) is 11.5 Å². The zero-order valence-corrected chi connectivity index (χ0v) is 14.1. The van der Waals surface area contributed by atoms with Crippen LogP contribution in [-0.4, -0.2) is 44.4 Å². The number of hydrogen-bond acceptors (Lipinski definition) is 6. The van der Waals surface area contributed by atoms with Gasteiger partial charge in [0.2, 0.25) is 11.9 Å². The topological polar surface area (TPSA) is 75.6 Å². The third-order valence-electron chi connectivity index (χ3n) is 3.02. The third-order valence-corrected chi connectivity index (χ3v) is 3.23. The monoisotopic (exact) mass is 417 g/mol. The van der Waals surface area contributed by atoms with Gasteiger partial charge in [-0.2, -0.15) is 41.3 Å². The molecule has 6 nitrogen and oxygen atoms in total. The van der Waals surface area contributed by atoms with Crippen molar-refractivity contribution in [2.75, 3.05) is 10.6 Å². The molecule has 2 aromatic rings. The molecule has 2 unspecified atom stereocenters. The molecule has 148 valence electrons. The van der Waals surface area contributed by atoms with Crippen molar-refractivity contribution < 1.29 is 30.5 Å². The van der Waals surface area contributed by atoms with Crippen LogP contribution >= 0.6 is 11.6 Å². The molecule has 0 aliphatic heterocycles. The van der Waals surface area contributed by atoms with Gasteiger partial charge >= 0.3 is 12.4 Å². The second-order valence-corrected chi connectivity index (χ2v) is 5.57. The lowest BCUT2D eigenvalue weighted by molar-refractivity contribution is -0.139. The summed E-state index contributed by atoms with van der Waals surface area (Å²) in [5, 5.41) is 3.45. The molecule has 0 aliphatic carbocycles. The van der Waals surface area contributed by atoms with Crippen LogP contribution in [-0.2, 0) is 0 Å². The fraction of sp³-hybridized carbons (Fsp3) is 0.429. The number of halogens is 7. The predicted molar refractivity (Wildman–Crippen MR) is 86.3 cm³/mol. The quantitative estimate of drug-likeness (QED) is 0.557. The number of pyridine rings is 1. The fourth-order valence-electron chi connectivity index (χ4n) is 1.64.